The highest BCUT2D eigenvalue weighted by atomic mass is 19.4. The Kier molecular flexibility index (Phi) is 10.6. The number of amides is 2. The summed E-state index contributed by atoms with van der Waals surface area (Å²) in [6.07, 6.45) is -10.0. The number of hydrogen-bond acceptors (Lipinski definition) is 4. The van der Waals surface area contributed by atoms with Crippen LogP contribution in [-0.2, 0) is 35.0 Å². The van der Waals surface area contributed by atoms with Crippen LogP contribution in [0.3, 0.4) is 0 Å². The maximum Gasteiger partial charge on any atom is 0.416 e. The third kappa shape index (κ3) is 9.38. The SMILES string of the molecule is CCOCCCN(CC(=O)N(Cc1ccccc1)Cc1ccc(C)o1)C(=O)c1cc(C(F)(F)F)cc(C(F)(F)F)c1. The third-order valence-electron chi connectivity index (χ3n) is 6.08. The van der Waals surface area contributed by atoms with Crippen LogP contribution in [0.2, 0.25) is 0 Å². The van der Waals surface area contributed by atoms with Gasteiger partial charge in [-0.25, -0.2) is 0 Å². The Morgan fingerprint density at radius 2 is 1.49 bits per heavy atom. The van der Waals surface area contributed by atoms with E-state index in [9.17, 15) is 35.9 Å². The fourth-order valence-corrected chi connectivity index (χ4v) is 4.07. The molecule has 0 unspecified atom stereocenters. The summed E-state index contributed by atoms with van der Waals surface area (Å²) in [4.78, 5) is 29.3. The van der Waals surface area contributed by atoms with Crippen molar-refractivity contribution in [1.82, 2.24) is 9.80 Å². The van der Waals surface area contributed by atoms with Gasteiger partial charge in [-0.2, -0.15) is 26.3 Å². The summed E-state index contributed by atoms with van der Waals surface area (Å²) in [6.45, 7) is 3.44. The van der Waals surface area contributed by atoms with Crippen molar-refractivity contribution in [1.29, 1.82) is 0 Å². The van der Waals surface area contributed by atoms with Crippen LogP contribution < -0.4 is 0 Å². The Morgan fingerprint density at radius 3 is 2.02 bits per heavy atom. The summed E-state index contributed by atoms with van der Waals surface area (Å²) in [7, 11) is 0. The summed E-state index contributed by atoms with van der Waals surface area (Å²) in [5.74, 6) is -0.630. The Bertz CT molecular complexity index is 1270. The molecule has 0 aliphatic heterocycles. The maximum absolute atomic E-state index is 13.5. The van der Waals surface area contributed by atoms with Crippen molar-refractivity contribution < 1.29 is 45.1 Å². The first-order valence-electron chi connectivity index (χ1n) is 12.8. The lowest BCUT2D eigenvalue weighted by Gasteiger charge is -2.28. The quantitative estimate of drug-likeness (QED) is 0.175. The number of rotatable bonds is 12. The van der Waals surface area contributed by atoms with Gasteiger partial charge in [0.25, 0.3) is 5.91 Å². The van der Waals surface area contributed by atoms with Gasteiger partial charge in [-0.1, -0.05) is 30.3 Å². The first-order valence-corrected chi connectivity index (χ1v) is 12.8. The monoisotopic (exact) mass is 584 g/mol. The second-order valence-electron chi connectivity index (χ2n) is 9.32. The van der Waals surface area contributed by atoms with Crippen molar-refractivity contribution in [3.8, 4) is 0 Å². The fraction of sp³-hybridized carbons (Fsp3) is 0.379. The second kappa shape index (κ2) is 13.7. The van der Waals surface area contributed by atoms with Gasteiger partial charge in [-0.3, -0.25) is 9.59 Å². The fourth-order valence-electron chi connectivity index (χ4n) is 4.07. The van der Waals surface area contributed by atoms with E-state index in [4.69, 9.17) is 9.15 Å². The molecule has 12 heteroatoms. The highest BCUT2D eigenvalue weighted by Crippen LogP contribution is 2.36. The first-order chi connectivity index (χ1) is 19.3. The zero-order valence-corrected chi connectivity index (χ0v) is 22.5. The Hall–Kier alpha value is -3.80. The van der Waals surface area contributed by atoms with Gasteiger partial charge in [0.05, 0.1) is 17.7 Å². The standard InChI is InChI=1S/C29H30F6N2O4/c1-3-40-13-7-12-36(27(39)22-14-23(28(30,31)32)16-24(15-22)29(33,34)35)19-26(38)37(17-21-8-5-4-6-9-21)18-25-11-10-20(2)41-25/h4-6,8-11,14-16H,3,7,12-13,17-19H2,1-2H3. The minimum Gasteiger partial charge on any atom is -0.464 e. The van der Waals surface area contributed by atoms with Gasteiger partial charge < -0.3 is 19.0 Å². The van der Waals surface area contributed by atoms with Crippen molar-refractivity contribution in [3.05, 3.63) is 94.4 Å². The average molecular weight is 585 g/mol. The predicted molar refractivity (Wildman–Crippen MR) is 138 cm³/mol. The number of halogens is 6. The zero-order valence-electron chi connectivity index (χ0n) is 22.5. The number of carbonyl (C=O) groups is 2. The normalized spacial score (nSPS) is 11.9. The number of benzene rings is 2. The van der Waals surface area contributed by atoms with E-state index >= 15 is 0 Å². The summed E-state index contributed by atoms with van der Waals surface area (Å²) < 4.78 is 91.5. The lowest BCUT2D eigenvalue weighted by Crippen LogP contribution is -2.43. The number of hydrogen-bond donors (Lipinski definition) is 0. The molecule has 0 spiro atoms. The van der Waals surface area contributed by atoms with Crippen LogP contribution in [0, 0.1) is 6.92 Å². The van der Waals surface area contributed by atoms with Crippen LogP contribution in [0.4, 0.5) is 26.3 Å². The molecule has 222 valence electrons. The number of aryl methyl sites for hydroxylation is 1. The van der Waals surface area contributed by atoms with E-state index in [-0.39, 0.29) is 38.7 Å². The van der Waals surface area contributed by atoms with Crippen LogP contribution in [-0.4, -0.2) is 47.9 Å². The van der Waals surface area contributed by atoms with E-state index < -0.39 is 47.4 Å². The van der Waals surface area contributed by atoms with E-state index in [0.717, 1.165) is 10.5 Å². The van der Waals surface area contributed by atoms with Gasteiger partial charge in [0, 0.05) is 31.9 Å². The molecule has 2 aromatic carbocycles. The van der Waals surface area contributed by atoms with Crippen LogP contribution >= 0.6 is 0 Å². The number of alkyl halides is 6. The molecule has 0 bridgehead atoms. The molecule has 2 amide bonds. The summed E-state index contributed by atoms with van der Waals surface area (Å²) in [5, 5.41) is 0. The molecule has 3 aromatic rings. The molecular weight excluding hydrogens is 554 g/mol. The molecular formula is C29H30F6N2O4. The number of nitrogens with zero attached hydrogens (tertiary/aromatic N) is 2. The van der Waals surface area contributed by atoms with Gasteiger partial charge >= 0.3 is 12.4 Å². The molecule has 0 radical (unpaired) electrons. The summed E-state index contributed by atoms with van der Waals surface area (Å²) in [5.41, 5.74) is -3.29. The predicted octanol–water partition coefficient (Wildman–Crippen LogP) is 6.72. The average Bonchev–Trinajstić information content (AvgIpc) is 3.33. The number of carbonyl (C=O) groups excluding carboxylic acids is 2. The minimum atomic E-state index is -5.13. The van der Waals surface area contributed by atoms with Crippen molar-refractivity contribution in [2.75, 3.05) is 26.3 Å². The molecule has 0 saturated carbocycles. The largest absolute Gasteiger partial charge is 0.464 e. The molecule has 0 fully saturated rings. The lowest BCUT2D eigenvalue weighted by atomic mass is 10.0. The van der Waals surface area contributed by atoms with Crippen LogP contribution in [0.15, 0.2) is 65.1 Å². The van der Waals surface area contributed by atoms with Crippen molar-refractivity contribution in [3.63, 3.8) is 0 Å². The Labute approximate surface area is 233 Å². The van der Waals surface area contributed by atoms with Gasteiger partial charge in [0.2, 0.25) is 5.91 Å². The Morgan fingerprint density at radius 1 is 0.854 bits per heavy atom. The van der Waals surface area contributed by atoms with Gasteiger partial charge in [0.1, 0.15) is 18.1 Å². The third-order valence-corrected chi connectivity index (χ3v) is 6.08. The van der Waals surface area contributed by atoms with Gasteiger partial charge in [-0.15, -0.1) is 0 Å². The molecule has 1 heterocycles. The maximum atomic E-state index is 13.5. The zero-order chi connectivity index (χ0) is 30.2. The van der Waals surface area contributed by atoms with E-state index in [1.54, 1.807) is 56.3 Å². The second-order valence-corrected chi connectivity index (χ2v) is 9.32. The van der Waals surface area contributed by atoms with Crippen LogP contribution in [0.25, 0.3) is 0 Å². The molecule has 0 saturated heterocycles. The van der Waals surface area contributed by atoms with E-state index in [0.29, 0.717) is 30.3 Å². The van der Waals surface area contributed by atoms with Gasteiger partial charge in [-0.05, 0) is 56.2 Å². The smallest absolute Gasteiger partial charge is 0.416 e. The minimum absolute atomic E-state index is 0.0321. The van der Waals surface area contributed by atoms with Crippen molar-refractivity contribution in [2.24, 2.45) is 0 Å². The molecule has 41 heavy (non-hydrogen) atoms. The number of ether oxygens (including phenoxy) is 1. The van der Waals surface area contributed by atoms with E-state index in [1.165, 1.54) is 4.90 Å². The van der Waals surface area contributed by atoms with E-state index in [2.05, 4.69) is 0 Å². The molecule has 6 nitrogen and oxygen atoms in total. The molecule has 1 aromatic heterocycles. The molecule has 3 rings (SSSR count). The highest BCUT2D eigenvalue weighted by molar-refractivity contribution is 5.97. The lowest BCUT2D eigenvalue weighted by molar-refractivity contribution is -0.143. The van der Waals surface area contributed by atoms with E-state index in [1.807, 2.05) is 0 Å². The van der Waals surface area contributed by atoms with Crippen LogP contribution in [0.5, 0.6) is 0 Å². The highest BCUT2D eigenvalue weighted by Gasteiger charge is 2.38. The molecule has 0 atom stereocenters. The summed E-state index contributed by atoms with van der Waals surface area (Å²) >= 11 is 0. The van der Waals surface area contributed by atoms with Crippen LogP contribution in [0.1, 0.15) is 51.9 Å². The van der Waals surface area contributed by atoms with Gasteiger partial charge in [0.15, 0.2) is 0 Å². The molecule has 0 aliphatic carbocycles. The summed E-state index contributed by atoms with van der Waals surface area (Å²) in [6, 6.07) is 13.0. The van der Waals surface area contributed by atoms with Crippen molar-refractivity contribution >= 4 is 11.8 Å². The first kappa shape index (κ1) is 31.7. The van der Waals surface area contributed by atoms with Crippen molar-refractivity contribution in [2.45, 2.75) is 45.7 Å². The molecule has 0 aliphatic rings. The molecule has 0 N–H and O–H groups in total. The number of furan rings is 1. The Balaban J connectivity index is 1.94. The topological polar surface area (TPSA) is 63.0 Å².